The molecule has 0 spiro atoms. The van der Waals surface area contributed by atoms with Crippen molar-refractivity contribution in [3.8, 4) is 17.2 Å². The summed E-state index contributed by atoms with van der Waals surface area (Å²) in [4.78, 5) is 0. The van der Waals surface area contributed by atoms with Gasteiger partial charge in [-0.2, -0.15) is 0 Å². The van der Waals surface area contributed by atoms with Crippen molar-refractivity contribution in [3.05, 3.63) is 124 Å². The molecule has 0 aliphatic rings. The van der Waals surface area contributed by atoms with Crippen LogP contribution in [0.3, 0.4) is 0 Å². The van der Waals surface area contributed by atoms with Crippen molar-refractivity contribution in [1.29, 1.82) is 0 Å². The topological polar surface area (TPSA) is 27.7 Å². The third-order valence-electron chi connectivity index (χ3n) is 16.2. The summed E-state index contributed by atoms with van der Waals surface area (Å²) in [5.74, 6) is 2.42. The molecule has 6 aromatic carbocycles. The van der Waals surface area contributed by atoms with Gasteiger partial charge >= 0.3 is 8.60 Å². The van der Waals surface area contributed by atoms with Gasteiger partial charge in [0.25, 0.3) is 0 Å². The number of rotatable bonds is 18. The number of hydrogen-bond acceptors (Lipinski definition) is 3. The summed E-state index contributed by atoms with van der Waals surface area (Å²) in [6.07, 6.45) is 6.04. The minimum Gasteiger partial charge on any atom is -0.408 e. The highest BCUT2D eigenvalue weighted by Gasteiger charge is 2.34. The smallest absolute Gasteiger partial charge is 0.408 e. The SMILES string of the molecule is CCC(C)(C)c1ccc2cc(OP(Oc3cc4ccc(C(C)(C)CC)cc4cc3C(C)(C)CC)Oc3cc4ccc(C(C)(C)CC)cc4cc3C(C)(C)CC)c(C(C)(C)CC)cc2c1. The van der Waals surface area contributed by atoms with E-state index in [9.17, 15) is 0 Å². The number of hydrogen-bond donors (Lipinski definition) is 0. The second-order valence-corrected chi connectivity index (χ2v) is 23.6. The van der Waals surface area contributed by atoms with Crippen molar-refractivity contribution in [3.63, 3.8) is 0 Å². The molecule has 344 valence electrons. The quantitative estimate of drug-likeness (QED) is 0.0805. The van der Waals surface area contributed by atoms with Gasteiger partial charge in [0.15, 0.2) is 0 Å². The van der Waals surface area contributed by atoms with Crippen molar-refractivity contribution < 1.29 is 13.6 Å². The van der Waals surface area contributed by atoms with E-state index in [1.807, 2.05) is 0 Å². The van der Waals surface area contributed by atoms with Crippen LogP contribution < -0.4 is 13.6 Å². The molecule has 0 bridgehead atoms. The lowest BCUT2D eigenvalue weighted by atomic mass is 9.79. The maximum absolute atomic E-state index is 7.37. The molecular formula is C60H81O3P. The summed E-state index contributed by atoms with van der Waals surface area (Å²) in [6, 6.07) is 34.6. The lowest BCUT2D eigenvalue weighted by Crippen LogP contribution is -2.20. The second-order valence-electron chi connectivity index (χ2n) is 22.7. The predicted molar refractivity (Wildman–Crippen MR) is 281 cm³/mol. The average Bonchev–Trinajstić information content (AvgIpc) is 3.27. The van der Waals surface area contributed by atoms with Crippen molar-refractivity contribution in [2.45, 2.75) is 196 Å². The Labute approximate surface area is 390 Å². The molecule has 0 radical (unpaired) electrons. The summed E-state index contributed by atoms with van der Waals surface area (Å²) >= 11 is 0. The van der Waals surface area contributed by atoms with E-state index in [1.54, 1.807) is 0 Å². The molecule has 0 aromatic heterocycles. The van der Waals surface area contributed by atoms with Gasteiger partial charge in [0.05, 0.1) is 0 Å². The van der Waals surface area contributed by atoms with E-state index in [0.29, 0.717) is 0 Å². The fourth-order valence-electron chi connectivity index (χ4n) is 8.39. The molecule has 0 aliphatic carbocycles. The Hall–Kier alpha value is -4.07. The molecule has 3 nitrogen and oxygen atoms in total. The number of benzene rings is 6. The molecule has 6 aromatic rings. The van der Waals surface area contributed by atoms with Gasteiger partial charge in [-0.15, -0.1) is 0 Å². The summed E-state index contributed by atoms with van der Waals surface area (Å²) in [7, 11) is -2.04. The summed E-state index contributed by atoms with van der Waals surface area (Å²) in [5, 5.41) is 7.12. The fourth-order valence-corrected chi connectivity index (χ4v) is 9.43. The highest BCUT2D eigenvalue weighted by atomic mass is 31.2. The van der Waals surface area contributed by atoms with E-state index < -0.39 is 8.60 Å². The molecular weight excluding hydrogens is 800 g/mol. The molecule has 0 saturated carbocycles. The lowest BCUT2D eigenvalue weighted by molar-refractivity contribution is 0.367. The van der Waals surface area contributed by atoms with Gasteiger partial charge in [0.2, 0.25) is 0 Å². The minimum absolute atomic E-state index is 0.0784. The molecule has 64 heavy (non-hydrogen) atoms. The Bertz CT molecular complexity index is 2330. The van der Waals surface area contributed by atoms with Crippen molar-refractivity contribution in [2.24, 2.45) is 0 Å². The van der Waals surface area contributed by atoms with Gasteiger partial charge in [-0.05, 0) is 156 Å². The van der Waals surface area contributed by atoms with E-state index in [1.165, 1.54) is 32.8 Å². The van der Waals surface area contributed by atoms with Crippen LogP contribution in [0.15, 0.2) is 91.0 Å². The Morgan fingerprint density at radius 3 is 0.750 bits per heavy atom. The van der Waals surface area contributed by atoms with Crippen LogP contribution in [0, 0.1) is 0 Å². The first-order valence-electron chi connectivity index (χ1n) is 24.5. The highest BCUT2D eigenvalue weighted by molar-refractivity contribution is 7.43. The van der Waals surface area contributed by atoms with Crippen LogP contribution in [0.2, 0.25) is 0 Å². The maximum Gasteiger partial charge on any atom is 0.530 e. The molecule has 0 unspecified atom stereocenters. The van der Waals surface area contributed by atoms with Gasteiger partial charge in [-0.3, -0.25) is 0 Å². The maximum atomic E-state index is 7.37. The van der Waals surface area contributed by atoms with Gasteiger partial charge in [-0.1, -0.05) is 179 Å². The average molecular weight is 881 g/mol. The molecule has 0 aliphatic heterocycles. The standard InChI is InChI=1S/C60H81O3P/c1-19-55(7,8)46-28-25-40-37-52(49(34-43(40)31-46)58(13,14)22-4)61-64(62-53-38-41-26-29-47(56(9,10)20-2)32-44(41)35-50(53)59(15,16)23-5)63-54-39-42-27-30-48(57(11,12)21-3)33-45(42)36-51(54)60(17,18)24-6/h25-39H,19-24H2,1-18H3. The monoisotopic (exact) mass is 881 g/mol. The Morgan fingerprint density at radius 2 is 0.531 bits per heavy atom. The van der Waals surface area contributed by atoms with Gasteiger partial charge in [0, 0.05) is 16.7 Å². The molecule has 0 N–H and O–H groups in total. The molecule has 4 heteroatoms. The zero-order valence-corrected chi connectivity index (χ0v) is 44.0. The molecule has 6 rings (SSSR count). The van der Waals surface area contributed by atoms with Crippen LogP contribution in [0.1, 0.15) is 197 Å². The van der Waals surface area contributed by atoms with E-state index in [0.717, 1.165) is 88.6 Å². The Balaban J connectivity index is 1.59. The van der Waals surface area contributed by atoms with E-state index in [-0.39, 0.29) is 32.5 Å². The number of fused-ring (bicyclic) bond motifs is 3. The first kappa shape index (κ1) is 49.4. The largest absolute Gasteiger partial charge is 0.530 e. The van der Waals surface area contributed by atoms with Crippen LogP contribution in [0.25, 0.3) is 32.3 Å². The van der Waals surface area contributed by atoms with Crippen molar-refractivity contribution >= 4 is 40.9 Å². The normalized spacial score (nSPS) is 13.4. The Kier molecular flexibility index (Phi) is 14.1. The second kappa shape index (κ2) is 18.3. The zero-order chi connectivity index (χ0) is 47.2. The van der Waals surface area contributed by atoms with Crippen LogP contribution in [-0.2, 0) is 32.5 Å². The van der Waals surface area contributed by atoms with Crippen molar-refractivity contribution in [2.75, 3.05) is 0 Å². The van der Waals surface area contributed by atoms with Crippen LogP contribution in [0.5, 0.6) is 17.2 Å². The highest BCUT2D eigenvalue weighted by Crippen LogP contribution is 2.52. The third-order valence-corrected chi connectivity index (χ3v) is 17.2. The molecule has 0 atom stereocenters. The zero-order valence-electron chi connectivity index (χ0n) is 43.1. The van der Waals surface area contributed by atoms with Crippen LogP contribution in [0.4, 0.5) is 0 Å². The first-order valence-corrected chi connectivity index (χ1v) is 25.5. The van der Waals surface area contributed by atoms with E-state index >= 15 is 0 Å². The minimum atomic E-state index is -2.04. The molecule has 0 amide bonds. The summed E-state index contributed by atoms with van der Waals surface area (Å²) < 4.78 is 22.1. The lowest BCUT2D eigenvalue weighted by Gasteiger charge is -2.32. The van der Waals surface area contributed by atoms with Crippen LogP contribution >= 0.6 is 8.60 Å². The fraction of sp³-hybridized carbons (Fsp3) is 0.500. The predicted octanol–water partition coefficient (Wildman–Crippen LogP) is 19.0. The third kappa shape index (κ3) is 10.0. The molecule has 0 fully saturated rings. The molecule has 0 saturated heterocycles. The molecule has 0 heterocycles. The van der Waals surface area contributed by atoms with Gasteiger partial charge < -0.3 is 13.6 Å². The van der Waals surface area contributed by atoms with Gasteiger partial charge in [-0.25, -0.2) is 0 Å². The van der Waals surface area contributed by atoms with Crippen molar-refractivity contribution in [1.82, 2.24) is 0 Å². The first-order chi connectivity index (χ1) is 29.8. The van der Waals surface area contributed by atoms with E-state index in [4.69, 9.17) is 13.6 Å². The van der Waals surface area contributed by atoms with E-state index in [2.05, 4.69) is 216 Å². The summed E-state index contributed by atoms with van der Waals surface area (Å²) in [5.41, 5.74) is 7.24. The van der Waals surface area contributed by atoms with Gasteiger partial charge in [0.1, 0.15) is 17.2 Å². The van der Waals surface area contributed by atoms with Crippen LogP contribution in [-0.4, -0.2) is 0 Å². The summed E-state index contributed by atoms with van der Waals surface area (Å²) in [6.45, 7) is 41.6. The Morgan fingerprint density at radius 1 is 0.297 bits per heavy atom.